The average Bonchev–Trinajstić information content (AvgIpc) is 2.66. The molecule has 18 heavy (non-hydrogen) atoms. The predicted octanol–water partition coefficient (Wildman–Crippen LogP) is 3.61. The van der Waals surface area contributed by atoms with Crippen LogP contribution in [-0.4, -0.2) is 15.6 Å². The Kier molecular flexibility index (Phi) is 4.10. The van der Waals surface area contributed by atoms with E-state index in [1.807, 2.05) is 13.0 Å². The van der Waals surface area contributed by atoms with Crippen LogP contribution in [0.4, 0.5) is 5.95 Å². The number of anilines is 1. The zero-order chi connectivity index (χ0) is 13.1. The highest BCUT2D eigenvalue weighted by molar-refractivity contribution is 5.31. The molecule has 1 N–H and O–H groups in total. The van der Waals surface area contributed by atoms with Crippen LogP contribution in [0.15, 0.2) is 18.9 Å². The van der Waals surface area contributed by atoms with Gasteiger partial charge >= 0.3 is 0 Å². The van der Waals surface area contributed by atoms with E-state index in [0.29, 0.717) is 12.0 Å². The zero-order valence-electron chi connectivity index (χ0n) is 11.8. The van der Waals surface area contributed by atoms with Gasteiger partial charge in [0.1, 0.15) is 0 Å². The number of aryl methyl sites for hydroxylation is 1. The first-order valence-corrected chi connectivity index (χ1v) is 7.03. The summed E-state index contributed by atoms with van der Waals surface area (Å²) in [4.78, 5) is 4.59. The second-order valence-electron chi connectivity index (χ2n) is 5.67. The molecular formula is C15H25N3. The summed E-state index contributed by atoms with van der Waals surface area (Å²) in [7, 11) is 0. The van der Waals surface area contributed by atoms with Gasteiger partial charge in [0, 0.05) is 18.8 Å². The van der Waals surface area contributed by atoms with E-state index in [4.69, 9.17) is 0 Å². The molecule has 1 fully saturated rings. The third kappa shape index (κ3) is 2.77. The molecule has 0 aliphatic heterocycles. The number of nitrogens with one attached hydrogen (secondary N) is 1. The average molecular weight is 247 g/mol. The molecule has 0 radical (unpaired) electrons. The molecule has 1 aliphatic carbocycles. The van der Waals surface area contributed by atoms with Crippen molar-refractivity contribution in [1.29, 1.82) is 0 Å². The van der Waals surface area contributed by atoms with Gasteiger partial charge in [-0.1, -0.05) is 32.8 Å². The Bertz CT molecular complexity index is 408. The topological polar surface area (TPSA) is 29.9 Å². The summed E-state index contributed by atoms with van der Waals surface area (Å²) in [5.74, 6) is 2.52. The molecule has 0 bridgehead atoms. The SMILES string of the molecule is C=CCn1cc(C)nc1NC1CCCC(C)C1C. The predicted molar refractivity (Wildman–Crippen MR) is 76.8 cm³/mol. The first-order valence-electron chi connectivity index (χ1n) is 7.03. The maximum Gasteiger partial charge on any atom is 0.203 e. The fourth-order valence-corrected chi connectivity index (χ4v) is 2.89. The second kappa shape index (κ2) is 5.59. The summed E-state index contributed by atoms with van der Waals surface area (Å²) in [5.41, 5.74) is 1.07. The molecule has 1 aliphatic rings. The molecule has 1 aromatic rings. The van der Waals surface area contributed by atoms with Crippen molar-refractivity contribution in [2.45, 2.75) is 52.6 Å². The molecule has 3 nitrogen and oxygen atoms in total. The van der Waals surface area contributed by atoms with Crippen LogP contribution in [-0.2, 0) is 6.54 Å². The largest absolute Gasteiger partial charge is 0.353 e. The van der Waals surface area contributed by atoms with Gasteiger partial charge in [-0.3, -0.25) is 0 Å². The van der Waals surface area contributed by atoms with Crippen molar-refractivity contribution in [1.82, 2.24) is 9.55 Å². The number of allylic oxidation sites excluding steroid dienone is 1. The number of aromatic nitrogens is 2. The molecule has 3 unspecified atom stereocenters. The minimum atomic E-state index is 0.555. The van der Waals surface area contributed by atoms with Crippen molar-refractivity contribution in [3.8, 4) is 0 Å². The van der Waals surface area contributed by atoms with Crippen molar-refractivity contribution in [3.63, 3.8) is 0 Å². The van der Waals surface area contributed by atoms with E-state index >= 15 is 0 Å². The van der Waals surface area contributed by atoms with Gasteiger partial charge in [-0.2, -0.15) is 0 Å². The zero-order valence-corrected chi connectivity index (χ0v) is 11.8. The second-order valence-corrected chi connectivity index (χ2v) is 5.67. The summed E-state index contributed by atoms with van der Waals surface area (Å²) < 4.78 is 2.15. The lowest BCUT2D eigenvalue weighted by Gasteiger charge is -2.34. The highest BCUT2D eigenvalue weighted by atomic mass is 15.2. The van der Waals surface area contributed by atoms with Crippen molar-refractivity contribution in [2.75, 3.05) is 5.32 Å². The number of hydrogen-bond donors (Lipinski definition) is 1. The van der Waals surface area contributed by atoms with Crippen molar-refractivity contribution >= 4 is 5.95 Å². The Balaban J connectivity index is 2.10. The van der Waals surface area contributed by atoms with Gasteiger partial charge in [-0.05, 0) is 25.2 Å². The number of imidazole rings is 1. The third-order valence-electron chi connectivity index (χ3n) is 4.24. The minimum absolute atomic E-state index is 0.555. The van der Waals surface area contributed by atoms with Gasteiger partial charge in [-0.25, -0.2) is 4.98 Å². The summed E-state index contributed by atoms with van der Waals surface area (Å²) in [6.07, 6.45) is 7.94. The molecule has 0 aromatic carbocycles. The molecule has 3 atom stereocenters. The Morgan fingerprint density at radius 2 is 2.28 bits per heavy atom. The van der Waals surface area contributed by atoms with Crippen LogP contribution < -0.4 is 5.32 Å². The Morgan fingerprint density at radius 3 is 3.00 bits per heavy atom. The lowest BCUT2D eigenvalue weighted by molar-refractivity contribution is 0.252. The summed E-state index contributed by atoms with van der Waals surface area (Å²) in [6, 6.07) is 0.555. The van der Waals surface area contributed by atoms with E-state index in [9.17, 15) is 0 Å². The van der Waals surface area contributed by atoms with E-state index in [2.05, 4.69) is 41.5 Å². The van der Waals surface area contributed by atoms with Gasteiger partial charge in [0.25, 0.3) is 0 Å². The first-order chi connectivity index (χ1) is 8.61. The number of nitrogens with zero attached hydrogens (tertiary/aromatic N) is 2. The molecule has 3 heteroatoms. The van der Waals surface area contributed by atoms with E-state index in [1.54, 1.807) is 0 Å². The standard InChI is InChI=1S/C15H25N3/c1-5-9-18-10-12(3)16-15(18)17-14-8-6-7-11(2)13(14)4/h5,10-11,13-14H,1,6-9H2,2-4H3,(H,16,17). The lowest BCUT2D eigenvalue weighted by Crippen LogP contribution is -2.35. The maximum absolute atomic E-state index is 4.59. The third-order valence-corrected chi connectivity index (χ3v) is 4.24. The van der Waals surface area contributed by atoms with E-state index in [1.165, 1.54) is 19.3 Å². The van der Waals surface area contributed by atoms with Gasteiger partial charge in [0.15, 0.2) is 0 Å². The summed E-state index contributed by atoms with van der Waals surface area (Å²) >= 11 is 0. The van der Waals surface area contributed by atoms with E-state index < -0.39 is 0 Å². The molecule has 0 saturated heterocycles. The van der Waals surface area contributed by atoms with E-state index in [0.717, 1.165) is 24.1 Å². The molecule has 1 aromatic heterocycles. The van der Waals surface area contributed by atoms with Crippen molar-refractivity contribution < 1.29 is 0 Å². The molecule has 100 valence electrons. The molecular weight excluding hydrogens is 222 g/mol. The normalized spacial score (nSPS) is 28.1. The molecule has 0 amide bonds. The maximum atomic E-state index is 4.59. The smallest absolute Gasteiger partial charge is 0.203 e. The van der Waals surface area contributed by atoms with Crippen molar-refractivity contribution in [2.24, 2.45) is 11.8 Å². The molecule has 1 heterocycles. The van der Waals surface area contributed by atoms with Crippen LogP contribution in [0.25, 0.3) is 0 Å². The Labute approximate surface area is 110 Å². The van der Waals surface area contributed by atoms with Crippen LogP contribution >= 0.6 is 0 Å². The van der Waals surface area contributed by atoms with Crippen LogP contribution in [0.3, 0.4) is 0 Å². The summed E-state index contributed by atoms with van der Waals surface area (Å²) in [5, 5.41) is 3.64. The Hall–Kier alpha value is -1.25. The van der Waals surface area contributed by atoms with Crippen LogP contribution in [0.5, 0.6) is 0 Å². The summed E-state index contributed by atoms with van der Waals surface area (Å²) in [6.45, 7) is 11.4. The monoisotopic (exact) mass is 247 g/mol. The lowest BCUT2D eigenvalue weighted by atomic mass is 9.78. The highest BCUT2D eigenvalue weighted by Crippen LogP contribution is 2.31. The van der Waals surface area contributed by atoms with Crippen LogP contribution in [0.1, 0.15) is 38.8 Å². The van der Waals surface area contributed by atoms with Gasteiger partial charge in [0.05, 0.1) is 5.69 Å². The van der Waals surface area contributed by atoms with Crippen molar-refractivity contribution in [3.05, 3.63) is 24.5 Å². The fraction of sp³-hybridized carbons (Fsp3) is 0.667. The highest BCUT2D eigenvalue weighted by Gasteiger charge is 2.27. The molecule has 1 saturated carbocycles. The minimum Gasteiger partial charge on any atom is -0.353 e. The first kappa shape index (κ1) is 13.2. The molecule has 2 rings (SSSR count). The van der Waals surface area contributed by atoms with Gasteiger partial charge in [0.2, 0.25) is 5.95 Å². The molecule has 0 spiro atoms. The number of hydrogen-bond acceptors (Lipinski definition) is 2. The van der Waals surface area contributed by atoms with Gasteiger partial charge < -0.3 is 9.88 Å². The van der Waals surface area contributed by atoms with Gasteiger partial charge in [-0.15, -0.1) is 6.58 Å². The quantitative estimate of drug-likeness (QED) is 0.824. The van der Waals surface area contributed by atoms with Crippen LogP contribution in [0, 0.1) is 18.8 Å². The fourth-order valence-electron chi connectivity index (χ4n) is 2.89. The van der Waals surface area contributed by atoms with E-state index in [-0.39, 0.29) is 0 Å². The Morgan fingerprint density at radius 1 is 1.50 bits per heavy atom. The number of rotatable bonds is 4. The van der Waals surface area contributed by atoms with Crippen LogP contribution in [0.2, 0.25) is 0 Å².